The van der Waals surface area contributed by atoms with Gasteiger partial charge in [0.05, 0.1) is 17.5 Å². The molecule has 1 fully saturated rings. The molecule has 2 atom stereocenters. The van der Waals surface area contributed by atoms with Gasteiger partial charge < -0.3 is 10.2 Å². The fourth-order valence-corrected chi connectivity index (χ4v) is 4.66. The second-order valence-corrected chi connectivity index (χ2v) is 8.17. The molecule has 0 unspecified atom stereocenters. The van der Waals surface area contributed by atoms with E-state index in [0.717, 1.165) is 17.3 Å². The molecule has 0 aliphatic carbocycles. The topological polar surface area (TPSA) is 35.6 Å². The summed E-state index contributed by atoms with van der Waals surface area (Å²) in [4.78, 5) is 17.1. The van der Waals surface area contributed by atoms with Gasteiger partial charge in [-0.05, 0) is 54.8 Å². The first kappa shape index (κ1) is 21.6. The SMILES string of the molecule is CCNC(=O)[C@H]1Cc2cc(C(F)(F)F)ccc2N2CCN(Cc3ccc(F)cc3)C[C@H]12. The standard InChI is InChI=1S/C23H25F4N3O/c1-2-28-22(31)19-12-16-11-17(23(25,26)27)5-8-20(16)30-10-9-29(14-21(19)30)13-15-3-6-18(24)7-4-15/h3-8,11,19,21H,2,9-10,12-14H2,1H3,(H,28,31)/t19-,21+/m0/s1. The highest BCUT2D eigenvalue weighted by molar-refractivity contribution is 5.82. The molecule has 4 rings (SSSR count). The summed E-state index contributed by atoms with van der Waals surface area (Å²) in [5, 5.41) is 2.85. The Balaban J connectivity index is 1.61. The smallest absolute Gasteiger partial charge is 0.365 e. The van der Waals surface area contributed by atoms with E-state index < -0.39 is 17.7 Å². The third-order valence-electron chi connectivity index (χ3n) is 6.13. The zero-order valence-electron chi connectivity index (χ0n) is 17.3. The first-order valence-corrected chi connectivity index (χ1v) is 10.5. The predicted octanol–water partition coefficient (Wildman–Crippen LogP) is 3.84. The van der Waals surface area contributed by atoms with E-state index in [-0.39, 0.29) is 24.2 Å². The Morgan fingerprint density at radius 2 is 1.87 bits per heavy atom. The number of benzene rings is 2. The van der Waals surface area contributed by atoms with Gasteiger partial charge in [0.1, 0.15) is 5.82 Å². The number of carbonyl (C=O) groups excluding carboxylic acids is 1. The number of halogens is 4. The number of carbonyl (C=O) groups is 1. The molecule has 2 heterocycles. The molecule has 1 saturated heterocycles. The molecule has 166 valence electrons. The number of nitrogens with one attached hydrogen (secondary N) is 1. The maximum atomic E-state index is 13.2. The van der Waals surface area contributed by atoms with Gasteiger partial charge in [-0.25, -0.2) is 4.39 Å². The van der Waals surface area contributed by atoms with Crippen molar-refractivity contribution in [2.45, 2.75) is 32.1 Å². The first-order chi connectivity index (χ1) is 14.8. The molecule has 4 nitrogen and oxygen atoms in total. The zero-order chi connectivity index (χ0) is 22.2. The Bertz CT molecular complexity index is 945. The normalized spacial score (nSPS) is 21.4. The molecular formula is C23H25F4N3O. The lowest BCUT2D eigenvalue weighted by molar-refractivity contribution is -0.137. The molecule has 0 radical (unpaired) electrons. The van der Waals surface area contributed by atoms with E-state index in [1.54, 1.807) is 12.1 Å². The fourth-order valence-electron chi connectivity index (χ4n) is 4.66. The van der Waals surface area contributed by atoms with Crippen molar-refractivity contribution < 1.29 is 22.4 Å². The number of hydrogen-bond acceptors (Lipinski definition) is 3. The summed E-state index contributed by atoms with van der Waals surface area (Å²) in [6.07, 6.45) is -4.14. The summed E-state index contributed by atoms with van der Waals surface area (Å²) < 4.78 is 52.9. The molecular weight excluding hydrogens is 410 g/mol. The minimum atomic E-state index is -4.42. The van der Waals surface area contributed by atoms with Crippen LogP contribution in [0.2, 0.25) is 0 Å². The van der Waals surface area contributed by atoms with Crippen LogP contribution in [-0.4, -0.2) is 43.0 Å². The van der Waals surface area contributed by atoms with Crippen LogP contribution in [0.3, 0.4) is 0 Å². The maximum Gasteiger partial charge on any atom is 0.416 e. The van der Waals surface area contributed by atoms with Crippen molar-refractivity contribution in [2.75, 3.05) is 31.1 Å². The van der Waals surface area contributed by atoms with Crippen molar-refractivity contribution in [1.29, 1.82) is 0 Å². The van der Waals surface area contributed by atoms with Crippen molar-refractivity contribution in [3.8, 4) is 0 Å². The molecule has 0 spiro atoms. The maximum absolute atomic E-state index is 13.2. The van der Waals surface area contributed by atoms with E-state index in [2.05, 4.69) is 15.1 Å². The van der Waals surface area contributed by atoms with Crippen molar-refractivity contribution in [3.63, 3.8) is 0 Å². The van der Waals surface area contributed by atoms with Crippen molar-refractivity contribution in [3.05, 3.63) is 65.0 Å². The van der Waals surface area contributed by atoms with E-state index in [4.69, 9.17) is 0 Å². The lowest BCUT2D eigenvalue weighted by Gasteiger charge is -2.49. The van der Waals surface area contributed by atoms with Crippen LogP contribution < -0.4 is 10.2 Å². The zero-order valence-corrected chi connectivity index (χ0v) is 17.3. The average molecular weight is 435 g/mol. The molecule has 2 aromatic rings. The number of fused-ring (bicyclic) bond motifs is 3. The number of rotatable bonds is 4. The Kier molecular flexibility index (Phi) is 5.92. The lowest BCUT2D eigenvalue weighted by atomic mass is 9.82. The van der Waals surface area contributed by atoms with E-state index in [0.29, 0.717) is 38.3 Å². The van der Waals surface area contributed by atoms with Crippen molar-refractivity contribution in [1.82, 2.24) is 10.2 Å². The predicted molar refractivity (Wildman–Crippen MR) is 110 cm³/mol. The molecule has 0 aromatic heterocycles. The van der Waals surface area contributed by atoms with Gasteiger partial charge in [0.15, 0.2) is 0 Å². The molecule has 2 aromatic carbocycles. The highest BCUT2D eigenvalue weighted by Gasteiger charge is 2.42. The molecule has 0 bridgehead atoms. The third-order valence-corrected chi connectivity index (χ3v) is 6.13. The first-order valence-electron chi connectivity index (χ1n) is 10.5. The largest absolute Gasteiger partial charge is 0.416 e. The second kappa shape index (κ2) is 8.49. The molecule has 31 heavy (non-hydrogen) atoms. The van der Waals surface area contributed by atoms with Gasteiger partial charge in [-0.1, -0.05) is 12.1 Å². The van der Waals surface area contributed by atoms with Gasteiger partial charge in [-0.2, -0.15) is 13.2 Å². The number of nitrogens with zero attached hydrogens (tertiary/aromatic N) is 2. The van der Waals surface area contributed by atoms with Crippen LogP contribution in [0.5, 0.6) is 0 Å². The van der Waals surface area contributed by atoms with Gasteiger partial charge in [-0.15, -0.1) is 0 Å². The van der Waals surface area contributed by atoms with E-state index in [1.807, 2.05) is 6.92 Å². The molecule has 0 saturated carbocycles. The molecule has 8 heteroatoms. The minimum Gasteiger partial charge on any atom is -0.365 e. The van der Waals surface area contributed by atoms with Crippen LogP contribution in [0.25, 0.3) is 0 Å². The molecule has 2 aliphatic heterocycles. The van der Waals surface area contributed by atoms with E-state index in [1.165, 1.54) is 24.3 Å². The van der Waals surface area contributed by atoms with Crippen LogP contribution >= 0.6 is 0 Å². The highest BCUT2D eigenvalue weighted by atomic mass is 19.4. The minimum absolute atomic E-state index is 0.134. The van der Waals surface area contributed by atoms with Crippen LogP contribution in [0.15, 0.2) is 42.5 Å². The molecule has 2 aliphatic rings. The summed E-state index contributed by atoms with van der Waals surface area (Å²) in [6.45, 7) is 4.86. The quantitative estimate of drug-likeness (QED) is 0.742. The van der Waals surface area contributed by atoms with Gasteiger partial charge in [0.2, 0.25) is 5.91 Å². The average Bonchev–Trinajstić information content (AvgIpc) is 2.73. The monoisotopic (exact) mass is 435 g/mol. The third kappa shape index (κ3) is 4.54. The highest BCUT2D eigenvalue weighted by Crippen LogP contribution is 2.39. The van der Waals surface area contributed by atoms with Crippen LogP contribution in [0, 0.1) is 11.7 Å². The summed E-state index contributed by atoms with van der Waals surface area (Å²) >= 11 is 0. The van der Waals surface area contributed by atoms with Crippen LogP contribution in [-0.2, 0) is 23.9 Å². The second-order valence-electron chi connectivity index (χ2n) is 8.17. The number of anilines is 1. The molecule has 1 N–H and O–H groups in total. The summed E-state index contributed by atoms with van der Waals surface area (Å²) in [5.74, 6) is -0.858. The Morgan fingerprint density at radius 1 is 1.13 bits per heavy atom. The Labute approximate surface area is 178 Å². The van der Waals surface area contributed by atoms with Crippen LogP contribution in [0.4, 0.5) is 23.2 Å². The number of piperazine rings is 1. The Hall–Kier alpha value is -2.61. The molecule has 1 amide bonds. The van der Waals surface area contributed by atoms with Gasteiger partial charge in [0.25, 0.3) is 0 Å². The fraction of sp³-hybridized carbons (Fsp3) is 0.435. The van der Waals surface area contributed by atoms with E-state index >= 15 is 0 Å². The van der Waals surface area contributed by atoms with Crippen molar-refractivity contribution >= 4 is 11.6 Å². The lowest BCUT2D eigenvalue weighted by Crippen LogP contribution is -2.60. The van der Waals surface area contributed by atoms with Crippen molar-refractivity contribution in [2.24, 2.45) is 5.92 Å². The van der Waals surface area contributed by atoms with Gasteiger partial charge in [0, 0.05) is 38.4 Å². The van der Waals surface area contributed by atoms with E-state index in [9.17, 15) is 22.4 Å². The van der Waals surface area contributed by atoms with Gasteiger partial charge >= 0.3 is 6.18 Å². The number of alkyl halides is 3. The van der Waals surface area contributed by atoms with Gasteiger partial charge in [-0.3, -0.25) is 9.69 Å². The number of hydrogen-bond donors (Lipinski definition) is 1. The Morgan fingerprint density at radius 3 is 2.55 bits per heavy atom. The summed E-state index contributed by atoms with van der Waals surface area (Å²) in [7, 11) is 0. The van der Waals surface area contributed by atoms with Crippen LogP contribution in [0.1, 0.15) is 23.6 Å². The number of amides is 1. The summed E-state index contributed by atoms with van der Waals surface area (Å²) in [6, 6.07) is 10.1. The summed E-state index contributed by atoms with van der Waals surface area (Å²) in [5.41, 5.74) is 1.64.